The average Bonchev–Trinajstić information content (AvgIpc) is 3.00. The molecular weight excluding hydrogens is 625 g/mol. The summed E-state index contributed by atoms with van der Waals surface area (Å²) in [5.41, 5.74) is 3.03. The largest absolute Gasteiger partial charge is 0.573 e. The van der Waals surface area contributed by atoms with Crippen LogP contribution in [0, 0.1) is 11.6 Å². The van der Waals surface area contributed by atoms with Gasteiger partial charge in [-0.25, -0.2) is 13.6 Å². The minimum absolute atomic E-state index is 0.00390. The molecule has 0 amide bonds. The van der Waals surface area contributed by atoms with Crippen molar-refractivity contribution >= 4 is 11.9 Å². The summed E-state index contributed by atoms with van der Waals surface area (Å²) < 4.78 is 76.5. The summed E-state index contributed by atoms with van der Waals surface area (Å²) in [6, 6.07) is 20.1. The van der Waals surface area contributed by atoms with Gasteiger partial charge in [-0.3, -0.25) is 9.69 Å². The van der Waals surface area contributed by atoms with Crippen molar-refractivity contribution < 1.29 is 51.2 Å². The van der Waals surface area contributed by atoms with E-state index in [-0.39, 0.29) is 25.0 Å². The Kier molecular flexibility index (Phi) is 11.9. The first-order chi connectivity index (χ1) is 22.3. The van der Waals surface area contributed by atoms with Crippen LogP contribution in [0.2, 0.25) is 0 Å². The summed E-state index contributed by atoms with van der Waals surface area (Å²) in [6.07, 6.45) is -3.67. The van der Waals surface area contributed by atoms with Gasteiger partial charge in [0, 0.05) is 25.6 Å². The maximum absolute atomic E-state index is 13.7. The van der Waals surface area contributed by atoms with Gasteiger partial charge < -0.3 is 19.7 Å². The molecule has 0 unspecified atom stereocenters. The van der Waals surface area contributed by atoms with E-state index in [4.69, 9.17) is 9.84 Å². The Morgan fingerprint density at radius 1 is 0.745 bits per heavy atom. The van der Waals surface area contributed by atoms with Gasteiger partial charge in [0.05, 0.1) is 5.56 Å². The minimum atomic E-state index is -4.90. The van der Waals surface area contributed by atoms with Crippen molar-refractivity contribution in [2.75, 3.05) is 13.1 Å². The van der Waals surface area contributed by atoms with Crippen molar-refractivity contribution in [3.8, 4) is 22.6 Å². The van der Waals surface area contributed by atoms with Gasteiger partial charge in [-0.05, 0) is 96.1 Å². The van der Waals surface area contributed by atoms with E-state index in [1.54, 1.807) is 36.4 Å². The van der Waals surface area contributed by atoms with Crippen LogP contribution in [0.25, 0.3) is 11.1 Å². The zero-order chi connectivity index (χ0) is 34.0. The van der Waals surface area contributed by atoms with Crippen molar-refractivity contribution in [1.82, 2.24) is 4.90 Å². The van der Waals surface area contributed by atoms with Crippen LogP contribution < -0.4 is 9.47 Å². The average molecular weight is 658 g/mol. The number of aromatic carboxylic acids is 1. The van der Waals surface area contributed by atoms with E-state index < -0.39 is 35.7 Å². The highest BCUT2D eigenvalue weighted by atomic mass is 19.4. The molecule has 0 heterocycles. The Balaban J connectivity index is 1.50. The first-order valence-electron chi connectivity index (χ1n) is 14.7. The zero-order valence-corrected chi connectivity index (χ0v) is 25.1. The molecule has 2 N–H and O–H groups in total. The molecule has 4 aromatic rings. The molecule has 0 saturated heterocycles. The second kappa shape index (κ2) is 16.0. The Bertz CT molecular complexity index is 1640. The number of alkyl halides is 3. The molecule has 0 fully saturated rings. The fraction of sp³-hybridized carbons (Fsp3) is 0.257. The highest BCUT2D eigenvalue weighted by Gasteiger charge is 2.31. The first kappa shape index (κ1) is 34.9. The lowest BCUT2D eigenvalue weighted by molar-refractivity contribution is -0.274. The topological polar surface area (TPSA) is 96.3 Å². The zero-order valence-electron chi connectivity index (χ0n) is 25.1. The molecule has 0 spiro atoms. The van der Waals surface area contributed by atoms with E-state index in [1.165, 1.54) is 36.4 Å². The van der Waals surface area contributed by atoms with Gasteiger partial charge in [-0.15, -0.1) is 13.2 Å². The van der Waals surface area contributed by atoms with Gasteiger partial charge in [-0.2, -0.15) is 0 Å². The number of nitrogens with zero attached hydrogens (tertiary/aromatic N) is 1. The molecule has 0 bridgehead atoms. The number of carboxylic acid groups (broad SMARTS) is 2. The SMILES string of the molecule is O=C(O)CCCCN(CCc1cc(OC(F)(F)F)ccc1OCc1ccc(-c2cc(F)cc(F)c2)cc1)Cc1ccc(C(=O)O)cc1. The molecule has 47 heavy (non-hydrogen) atoms. The van der Waals surface area contributed by atoms with Gasteiger partial charge in [0.1, 0.15) is 29.7 Å². The highest BCUT2D eigenvalue weighted by molar-refractivity contribution is 5.87. The lowest BCUT2D eigenvalue weighted by atomic mass is 10.0. The molecule has 0 atom stereocenters. The van der Waals surface area contributed by atoms with Crippen molar-refractivity contribution in [1.29, 1.82) is 0 Å². The Morgan fingerprint density at radius 2 is 1.40 bits per heavy atom. The third-order valence-corrected chi connectivity index (χ3v) is 7.23. The molecule has 0 aliphatic carbocycles. The summed E-state index contributed by atoms with van der Waals surface area (Å²) in [5.74, 6) is -3.47. The number of carboxylic acids is 2. The van der Waals surface area contributed by atoms with E-state index in [0.29, 0.717) is 60.5 Å². The quantitative estimate of drug-likeness (QED) is 0.0929. The van der Waals surface area contributed by atoms with Gasteiger partial charge >= 0.3 is 18.3 Å². The Labute approximate surface area is 267 Å². The summed E-state index contributed by atoms with van der Waals surface area (Å²) in [5, 5.41) is 18.2. The number of unbranched alkanes of at least 4 members (excludes halogenated alkanes) is 1. The molecule has 12 heteroatoms. The van der Waals surface area contributed by atoms with Crippen LogP contribution in [0.4, 0.5) is 22.0 Å². The van der Waals surface area contributed by atoms with Crippen LogP contribution in [0.15, 0.2) is 84.9 Å². The van der Waals surface area contributed by atoms with Crippen molar-refractivity contribution in [3.05, 3.63) is 119 Å². The molecule has 0 saturated carbocycles. The summed E-state index contributed by atoms with van der Waals surface area (Å²) in [4.78, 5) is 24.2. The molecule has 4 rings (SSSR count). The van der Waals surface area contributed by atoms with Crippen LogP contribution in [0.5, 0.6) is 11.5 Å². The molecule has 248 valence electrons. The Hall–Kier alpha value is -4.97. The molecule has 0 aliphatic rings. The second-order valence-corrected chi connectivity index (χ2v) is 10.8. The number of aliphatic carboxylic acids is 1. The van der Waals surface area contributed by atoms with Gasteiger partial charge in [-0.1, -0.05) is 36.4 Å². The predicted molar refractivity (Wildman–Crippen MR) is 163 cm³/mol. The standard InChI is InChI=1S/C35H32F5NO6/c36-29-17-28(18-30(37)20-29)25-8-6-24(7-9-25)22-46-32-13-12-31(47-35(38,39)40)19-27(32)14-16-41(15-2-1-3-33(42)43)21-23-4-10-26(11-5-23)34(44)45/h4-13,17-20H,1-3,14-16,21-22H2,(H,42,43)(H,44,45). The molecule has 0 aliphatic heterocycles. The molecule has 7 nitrogen and oxygen atoms in total. The number of rotatable bonds is 16. The molecule has 4 aromatic carbocycles. The second-order valence-electron chi connectivity index (χ2n) is 10.8. The van der Waals surface area contributed by atoms with E-state index >= 15 is 0 Å². The van der Waals surface area contributed by atoms with Crippen molar-refractivity contribution in [2.45, 2.75) is 45.2 Å². The Morgan fingerprint density at radius 3 is 2.02 bits per heavy atom. The van der Waals surface area contributed by atoms with Crippen LogP contribution in [0.3, 0.4) is 0 Å². The van der Waals surface area contributed by atoms with Crippen molar-refractivity contribution in [3.63, 3.8) is 0 Å². The smallest absolute Gasteiger partial charge is 0.489 e. The number of halogens is 5. The normalized spacial score (nSPS) is 11.4. The highest BCUT2D eigenvalue weighted by Crippen LogP contribution is 2.30. The maximum Gasteiger partial charge on any atom is 0.573 e. The monoisotopic (exact) mass is 657 g/mol. The lowest BCUT2D eigenvalue weighted by Gasteiger charge is -2.23. The third kappa shape index (κ3) is 11.4. The van der Waals surface area contributed by atoms with Gasteiger partial charge in [0.25, 0.3) is 0 Å². The molecule has 0 aromatic heterocycles. The van der Waals surface area contributed by atoms with Crippen molar-refractivity contribution in [2.24, 2.45) is 0 Å². The number of carbonyl (C=O) groups is 2. The van der Waals surface area contributed by atoms with Gasteiger partial charge in [0.2, 0.25) is 0 Å². The summed E-state index contributed by atoms with van der Waals surface area (Å²) >= 11 is 0. The number of hydrogen-bond donors (Lipinski definition) is 2. The third-order valence-electron chi connectivity index (χ3n) is 7.23. The van der Waals surface area contributed by atoms with E-state index in [1.807, 2.05) is 4.90 Å². The molecular formula is C35H32F5NO6. The lowest BCUT2D eigenvalue weighted by Crippen LogP contribution is -2.27. The number of ether oxygens (including phenoxy) is 2. The fourth-order valence-electron chi connectivity index (χ4n) is 4.94. The predicted octanol–water partition coefficient (Wildman–Crippen LogP) is 8.11. The van der Waals surface area contributed by atoms with E-state index in [9.17, 15) is 36.6 Å². The maximum atomic E-state index is 13.7. The molecule has 0 radical (unpaired) electrons. The van der Waals surface area contributed by atoms with Gasteiger partial charge in [0.15, 0.2) is 0 Å². The van der Waals surface area contributed by atoms with Crippen LogP contribution in [-0.2, 0) is 24.4 Å². The fourth-order valence-corrected chi connectivity index (χ4v) is 4.94. The summed E-state index contributed by atoms with van der Waals surface area (Å²) in [6.45, 7) is 1.30. The first-order valence-corrected chi connectivity index (χ1v) is 14.7. The van der Waals surface area contributed by atoms with E-state index in [2.05, 4.69) is 4.74 Å². The van der Waals surface area contributed by atoms with E-state index in [0.717, 1.165) is 17.7 Å². The number of hydrogen-bond acceptors (Lipinski definition) is 5. The number of benzene rings is 4. The minimum Gasteiger partial charge on any atom is -0.489 e. The van der Waals surface area contributed by atoms with Crippen LogP contribution in [0.1, 0.15) is 46.3 Å². The van der Waals surface area contributed by atoms with Crippen LogP contribution >= 0.6 is 0 Å². The summed E-state index contributed by atoms with van der Waals surface area (Å²) in [7, 11) is 0. The van der Waals surface area contributed by atoms with Crippen LogP contribution in [-0.4, -0.2) is 46.5 Å².